The van der Waals surface area contributed by atoms with Gasteiger partial charge < -0.3 is 14.2 Å². The maximum absolute atomic E-state index is 11.6. The smallest absolute Gasteiger partial charge is 0.311 e. The van der Waals surface area contributed by atoms with Gasteiger partial charge in [-0.3, -0.25) is 4.79 Å². The van der Waals surface area contributed by atoms with E-state index in [9.17, 15) is 4.79 Å². The van der Waals surface area contributed by atoms with Crippen molar-refractivity contribution in [3.8, 4) is 0 Å². The molecule has 1 unspecified atom stereocenters. The van der Waals surface area contributed by atoms with E-state index >= 15 is 0 Å². The average Bonchev–Trinajstić information content (AvgIpc) is 2.20. The second-order valence-electron chi connectivity index (χ2n) is 5.13. The molecule has 102 valence electrons. The van der Waals surface area contributed by atoms with E-state index in [0.717, 1.165) is 0 Å². The van der Waals surface area contributed by atoms with Crippen LogP contribution in [0.3, 0.4) is 0 Å². The molecule has 0 rings (SSSR count). The van der Waals surface area contributed by atoms with Crippen LogP contribution in [0.1, 0.15) is 34.6 Å². The number of carbonyl (C=O) groups is 1. The van der Waals surface area contributed by atoms with E-state index in [0.29, 0.717) is 6.61 Å². The van der Waals surface area contributed by atoms with Crippen LogP contribution in [0.15, 0.2) is 0 Å². The van der Waals surface area contributed by atoms with Gasteiger partial charge in [-0.25, -0.2) is 0 Å². The number of halogens is 1. The third-order valence-corrected chi connectivity index (χ3v) is 2.05. The summed E-state index contributed by atoms with van der Waals surface area (Å²) in [5.41, 5.74) is -0.510. The Hall–Kier alpha value is -0.320. The van der Waals surface area contributed by atoms with Crippen LogP contribution in [0.5, 0.6) is 0 Å². The average molecular weight is 267 g/mol. The fourth-order valence-corrected chi connectivity index (χ4v) is 1.10. The van der Waals surface area contributed by atoms with Gasteiger partial charge in [0.1, 0.15) is 18.8 Å². The zero-order valence-electron chi connectivity index (χ0n) is 11.3. The standard InChI is InChI=1S/C12H23ClO4/c1-9(2)15-6-10(17-8-13)7-16-11(14)12(3,4)5/h9-10H,6-8H2,1-5H3. The van der Waals surface area contributed by atoms with Gasteiger partial charge in [0.25, 0.3) is 0 Å². The first-order chi connectivity index (χ1) is 7.77. The molecule has 0 aliphatic heterocycles. The summed E-state index contributed by atoms with van der Waals surface area (Å²) in [5, 5.41) is 0. The van der Waals surface area contributed by atoms with Crippen molar-refractivity contribution in [2.45, 2.75) is 46.8 Å². The molecule has 0 radical (unpaired) electrons. The summed E-state index contributed by atoms with van der Waals surface area (Å²) in [7, 11) is 0. The molecule has 1 atom stereocenters. The second-order valence-corrected chi connectivity index (χ2v) is 5.35. The molecule has 0 amide bonds. The first-order valence-electron chi connectivity index (χ1n) is 5.73. The summed E-state index contributed by atoms with van der Waals surface area (Å²) in [5.74, 6) is -0.259. The van der Waals surface area contributed by atoms with Gasteiger partial charge in [0.15, 0.2) is 0 Å². The predicted octanol–water partition coefficient (Wildman–Crippen LogP) is 2.58. The minimum Gasteiger partial charge on any atom is -0.462 e. The minimum atomic E-state index is -0.510. The Labute approximate surface area is 109 Å². The van der Waals surface area contributed by atoms with E-state index in [4.69, 9.17) is 25.8 Å². The van der Waals surface area contributed by atoms with Gasteiger partial charge in [-0.1, -0.05) is 11.6 Å². The van der Waals surface area contributed by atoms with Gasteiger partial charge in [0.2, 0.25) is 0 Å². The lowest BCUT2D eigenvalue weighted by Gasteiger charge is -2.21. The molecule has 0 aromatic carbocycles. The Morgan fingerprint density at radius 3 is 2.18 bits per heavy atom. The van der Waals surface area contributed by atoms with Crippen LogP contribution in [0.2, 0.25) is 0 Å². The normalized spacial score (nSPS) is 13.8. The summed E-state index contributed by atoms with van der Waals surface area (Å²) in [4.78, 5) is 11.6. The topological polar surface area (TPSA) is 44.8 Å². The highest BCUT2D eigenvalue weighted by Gasteiger charge is 2.24. The summed E-state index contributed by atoms with van der Waals surface area (Å²) >= 11 is 5.50. The van der Waals surface area contributed by atoms with Gasteiger partial charge in [-0.15, -0.1) is 0 Å². The highest BCUT2D eigenvalue weighted by Crippen LogP contribution is 2.15. The molecule has 0 saturated heterocycles. The van der Waals surface area contributed by atoms with Crippen molar-refractivity contribution in [3.05, 3.63) is 0 Å². The number of hydrogen-bond donors (Lipinski definition) is 0. The third kappa shape index (κ3) is 8.41. The number of alkyl halides is 1. The molecule has 17 heavy (non-hydrogen) atoms. The van der Waals surface area contributed by atoms with E-state index < -0.39 is 5.41 Å². The molecule has 0 aromatic rings. The third-order valence-electron chi connectivity index (χ3n) is 1.93. The lowest BCUT2D eigenvalue weighted by atomic mass is 9.97. The van der Waals surface area contributed by atoms with Crippen molar-refractivity contribution < 1.29 is 19.0 Å². The number of ether oxygens (including phenoxy) is 3. The molecular weight excluding hydrogens is 244 g/mol. The largest absolute Gasteiger partial charge is 0.462 e. The maximum Gasteiger partial charge on any atom is 0.311 e. The number of esters is 1. The summed E-state index contributed by atoms with van der Waals surface area (Å²) in [6, 6.07) is 0.0548. The molecule has 0 fully saturated rings. The van der Waals surface area contributed by atoms with Crippen molar-refractivity contribution in [1.29, 1.82) is 0 Å². The van der Waals surface area contributed by atoms with Gasteiger partial charge >= 0.3 is 5.97 Å². The molecule has 4 nitrogen and oxygen atoms in total. The number of carbonyl (C=O) groups excluding carboxylic acids is 1. The predicted molar refractivity (Wildman–Crippen MR) is 67.1 cm³/mol. The van der Waals surface area contributed by atoms with E-state index in [1.165, 1.54) is 0 Å². The van der Waals surface area contributed by atoms with Crippen LogP contribution in [0, 0.1) is 5.41 Å². The van der Waals surface area contributed by atoms with E-state index in [1.807, 2.05) is 13.8 Å². The van der Waals surface area contributed by atoms with E-state index in [-0.39, 0.29) is 30.9 Å². The quantitative estimate of drug-likeness (QED) is 0.525. The Balaban J connectivity index is 4.04. The fourth-order valence-electron chi connectivity index (χ4n) is 0.918. The molecule has 0 saturated carbocycles. The molecular formula is C12H23ClO4. The Bertz CT molecular complexity index is 223. The van der Waals surface area contributed by atoms with Crippen LogP contribution in [-0.2, 0) is 19.0 Å². The SMILES string of the molecule is CC(C)OCC(COC(=O)C(C)(C)C)OCCl. The van der Waals surface area contributed by atoms with Crippen LogP contribution < -0.4 is 0 Å². The van der Waals surface area contributed by atoms with E-state index in [2.05, 4.69) is 0 Å². The Morgan fingerprint density at radius 1 is 1.18 bits per heavy atom. The molecule has 5 heteroatoms. The maximum atomic E-state index is 11.6. The van der Waals surface area contributed by atoms with Crippen LogP contribution in [-0.4, -0.2) is 37.5 Å². The molecule has 0 heterocycles. The van der Waals surface area contributed by atoms with Gasteiger partial charge in [0.05, 0.1) is 18.1 Å². The lowest BCUT2D eigenvalue weighted by molar-refractivity contribution is -0.158. The summed E-state index contributed by atoms with van der Waals surface area (Å²) < 4.78 is 15.8. The second kappa shape index (κ2) is 7.90. The number of hydrogen-bond acceptors (Lipinski definition) is 4. The Morgan fingerprint density at radius 2 is 1.76 bits per heavy atom. The first-order valence-corrected chi connectivity index (χ1v) is 6.27. The van der Waals surface area contributed by atoms with Crippen molar-refractivity contribution in [2.75, 3.05) is 19.3 Å². The first kappa shape index (κ1) is 16.7. The molecule has 0 N–H and O–H groups in total. The van der Waals surface area contributed by atoms with Gasteiger partial charge in [-0.05, 0) is 34.6 Å². The van der Waals surface area contributed by atoms with Gasteiger partial charge in [-0.2, -0.15) is 0 Å². The van der Waals surface area contributed by atoms with Crippen LogP contribution in [0.25, 0.3) is 0 Å². The van der Waals surface area contributed by atoms with Crippen molar-refractivity contribution in [2.24, 2.45) is 5.41 Å². The van der Waals surface area contributed by atoms with Crippen molar-refractivity contribution in [3.63, 3.8) is 0 Å². The molecule has 0 spiro atoms. The highest BCUT2D eigenvalue weighted by molar-refractivity contribution is 6.17. The molecule has 0 aliphatic carbocycles. The minimum absolute atomic E-state index is 0.0548. The molecule has 0 aliphatic rings. The fraction of sp³-hybridized carbons (Fsp3) is 0.917. The van der Waals surface area contributed by atoms with Gasteiger partial charge in [0, 0.05) is 0 Å². The Kier molecular flexibility index (Phi) is 7.75. The van der Waals surface area contributed by atoms with Crippen LogP contribution >= 0.6 is 11.6 Å². The molecule has 0 bridgehead atoms. The van der Waals surface area contributed by atoms with Crippen LogP contribution in [0.4, 0.5) is 0 Å². The lowest BCUT2D eigenvalue weighted by Crippen LogP contribution is -2.31. The summed E-state index contributed by atoms with van der Waals surface area (Å²) in [6.07, 6.45) is -0.212. The monoisotopic (exact) mass is 266 g/mol. The van der Waals surface area contributed by atoms with E-state index in [1.54, 1.807) is 20.8 Å². The summed E-state index contributed by atoms with van der Waals surface area (Å²) in [6.45, 7) is 9.79. The van der Waals surface area contributed by atoms with Crippen molar-refractivity contribution >= 4 is 17.6 Å². The molecule has 0 aromatic heterocycles. The zero-order chi connectivity index (χ0) is 13.5. The number of rotatable bonds is 7. The zero-order valence-corrected chi connectivity index (χ0v) is 12.0. The van der Waals surface area contributed by atoms with Crippen molar-refractivity contribution in [1.82, 2.24) is 0 Å². The highest BCUT2D eigenvalue weighted by atomic mass is 35.5.